The number of nitrogens with one attached hydrogen (secondary N) is 2. The number of anilines is 1. The summed E-state index contributed by atoms with van der Waals surface area (Å²) in [4.78, 5) is 35.6. The number of rotatable bonds is 6. The Balaban J connectivity index is 2.77. The first kappa shape index (κ1) is 21.5. The molecule has 0 heterocycles. The van der Waals surface area contributed by atoms with Crippen molar-refractivity contribution in [2.45, 2.75) is 52.7 Å². The molecule has 0 aromatic heterocycles. The Labute approximate surface area is 154 Å². The van der Waals surface area contributed by atoms with Crippen molar-refractivity contribution < 1.29 is 23.9 Å². The van der Waals surface area contributed by atoms with Crippen molar-refractivity contribution in [3.05, 3.63) is 29.8 Å². The molecule has 0 spiro atoms. The standard InChI is InChI=1S/C19H28N2O5/c1-12(2)16(22)20-14-9-7-13(8-10-14)11-15(17(23)25-6)21-18(24)26-19(3,4)5/h7-10,12,15H,11H2,1-6H3,(H,20,22)(H,21,24)/t15-/m0/s1. The fourth-order valence-corrected chi connectivity index (χ4v) is 2.03. The molecule has 2 amide bonds. The van der Waals surface area contributed by atoms with E-state index in [0.29, 0.717) is 5.69 Å². The van der Waals surface area contributed by atoms with Gasteiger partial charge in [-0.05, 0) is 38.5 Å². The molecule has 7 nitrogen and oxygen atoms in total. The van der Waals surface area contributed by atoms with Gasteiger partial charge >= 0.3 is 12.1 Å². The number of methoxy groups -OCH3 is 1. The van der Waals surface area contributed by atoms with Crippen LogP contribution in [-0.4, -0.2) is 36.7 Å². The van der Waals surface area contributed by atoms with Crippen molar-refractivity contribution in [1.29, 1.82) is 0 Å². The molecule has 0 aliphatic heterocycles. The molecule has 144 valence electrons. The first-order chi connectivity index (χ1) is 12.0. The van der Waals surface area contributed by atoms with Gasteiger partial charge in [0.05, 0.1) is 7.11 Å². The van der Waals surface area contributed by atoms with E-state index < -0.39 is 23.7 Å². The molecule has 0 bridgehead atoms. The number of alkyl carbamates (subject to hydrolysis) is 1. The highest BCUT2D eigenvalue weighted by Crippen LogP contribution is 2.14. The van der Waals surface area contributed by atoms with E-state index in [0.717, 1.165) is 5.56 Å². The number of hydrogen-bond donors (Lipinski definition) is 2. The third kappa shape index (κ3) is 7.55. The zero-order valence-electron chi connectivity index (χ0n) is 16.2. The van der Waals surface area contributed by atoms with Gasteiger partial charge in [-0.15, -0.1) is 0 Å². The first-order valence-electron chi connectivity index (χ1n) is 8.49. The van der Waals surface area contributed by atoms with Crippen LogP contribution in [0.25, 0.3) is 0 Å². The highest BCUT2D eigenvalue weighted by Gasteiger charge is 2.25. The number of carbonyl (C=O) groups excluding carboxylic acids is 3. The Morgan fingerprint density at radius 3 is 2.12 bits per heavy atom. The summed E-state index contributed by atoms with van der Waals surface area (Å²) in [5, 5.41) is 5.32. The fraction of sp³-hybridized carbons (Fsp3) is 0.526. The summed E-state index contributed by atoms with van der Waals surface area (Å²) in [6.45, 7) is 8.84. The summed E-state index contributed by atoms with van der Waals surface area (Å²) in [5.74, 6) is -0.749. The monoisotopic (exact) mass is 364 g/mol. The Kier molecular flexibility index (Phi) is 7.61. The number of ether oxygens (including phenoxy) is 2. The summed E-state index contributed by atoms with van der Waals surface area (Å²) in [6, 6.07) is 6.19. The molecule has 0 aliphatic rings. The van der Waals surface area contributed by atoms with Crippen molar-refractivity contribution in [2.24, 2.45) is 5.92 Å². The molecule has 0 unspecified atom stereocenters. The van der Waals surface area contributed by atoms with Crippen molar-refractivity contribution in [3.63, 3.8) is 0 Å². The molecule has 1 atom stereocenters. The molecular formula is C19H28N2O5. The van der Waals surface area contributed by atoms with Crippen molar-refractivity contribution in [3.8, 4) is 0 Å². The lowest BCUT2D eigenvalue weighted by Gasteiger charge is -2.22. The van der Waals surface area contributed by atoms with Gasteiger partial charge in [0, 0.05) is 18.0 Å². The van der Waals surface area contributed by atoms with E-state index in [4.69, 9.17) is 9.47 Å². The van der Waals surface area contributed by atoms with E-state index in [1.807, 2.05) is 13.8 Å². The van der Waals surface area contributed by atoms with Gasteiger partial charge in [0.1, 0.15) is 11.6 Å². The van der Waals surface area contributed by atoms with E-state index >= 15 is 0 Å². The predicted molar refractivity (Wildman–Crippen MR) is 98.8 cm³/mol. The lowest BCUT2D eigenvalue weighted by Crippen LogP contribution is -2.45. The van der Waals surface area contributed by atoms with Gasteiger partial charge in [-0.2, -0.15) is 0 Å². The molecule has 7 heteroatoms. The third-order valence-electron chi connectivity index (χ3n) is 3.36. The number of hydrogen-bond acceptors (Lipinski definition) is 5. The molecule has 1 rings (SSSR count). The lowest BCUT2D eigenvalue weighted by molar-refractivity contribution is -0.143. The first-order valence-corrected chi connectivity index (χ1v) is 8.49. The van der Waals surface area contributed by atoms with E-state index in [1.165, 1.54) is 7.11 Å². The van der Waals surface area contributed by atoms with Crippen molar-refractivity contribution in [2.75, 3.05) is 12.4 Å². The highest BCUT2D eigenvalue weighted by atomic mass is 16.6. The van der Waals surface area contributed by atoms with Gasteiger partial charge in [0.25, 0.3) is 0 Å². The van der Waals surface area contributed by atoms with Crippen molar-refractivity contribution in [1.82, 2.24) is 5.32 Å². The van der Waals surface area contributed by atoms with Crippen LogP contribution < -0.4 is 10.6 Å². The van der Waals surface area contributed by atoms with Gasteiger partial charge in [0.15, 0.2) is 0 Å². The maximum Gasteiger partial charge on any atom is 0.408 e. The van der Waals surface area contributed by atoms with Gasteiger partial charge < -0.3 is 20.1 Å². The topological polar surface area (TPSA) is 93.7 Å². The van der Waals surface area contributed by atoms with Gasteiger partial charge in [-0.25, -0.2) is 9.59 Å². The minimum Gasteiger partial charge on any atom is -0.467 e. The summed E-state index contributed by atoms with van der Waals surface area (Å²) in [6.07, 6.45) is -0.446. The Morgan fingerprint density at radius 2 is 1.65 bits per heavy atom. The van der Waals surface area contributed by atoms with Crippen LogP contribution >= 0.6 is 0 Å². The average molecular weight is 364 g/mol. The summed E-state index contributed by atoms with van der Waals surface area (Å²) < 4.78 is 9.93. The van der Waals surface area contributed by atoms with Crippen LogP contribution in [0.5, 0.6) is 0 Å². The molecule has 0 aliphatic carbocycles. The SMILES string of the molecule is COC(=O)[C@H](Cc1ccc(NC(=O)C(C)C)cc1)NC(=O)OC(C)(C)C. The Morgan fingerprint density at radius 1 is 1.08 bits per heavy atom. The van der Waals surface area contributed by atoms with E-state index in [-0.39, 0.29) is 18.2 Å². The molecule has 2 N–H and O–H groups in total. The zero-order valence-corrected chi connectivity index (χ0v) is 16.2. The van der Waals surface area contributed by atoms with Crippen LogP contribution in [0, 0.1) is 5.92 Å². The summed E-state index contributed by atoms with van der Waals surface area (Å²) in [5.41, 5.74) is 0.808. The molecule has 1 aromatic rings. The minimum atomic E-state index is -0.869. The molecule has 0 fully saturated rings. The third-order valence-corrected chi connectivity index (χ3v) is 3.36. The number of carbonyl (C=O) groups is 3. The minimum absolute atomic E-state index is 0.0724. The predicted octanol–water partition coefficient (Wildman–Crippen LogP) is 2.89. The van der Waals surface area contributed by atoms with Crippen LogP contribution in [0.2, 0.25) is 0 Å². The second kappa shape index (κ2) is 9.22. The quantitative estimate of drug-likeness (QED) is 0.757. The van der Waals surface area contributed by atoms with Gasteiger partial charge in [-0.1, -0.05) is 26.0 Å². The largest absolute Gasteiger partial charge is 0.467 e. The van der Waals surface area contributed by atoms with Crippen LogP contribution in [0.15, 0.2) is 24.3 Å². The fourth-order valence-electron chi connectivity index (χ4n) is 2.03. The summed E-state index contributed by atoms with van der Waals surface area (Å²) >= 11 is 0. The number of amides is 2. The molecule has 0 saturated carbocycles. The van der Waals surface area contributed by atoms with Crippen LogP contribution in [-0.2, 0) is 25.5 Å². The lowest BCUT2D eigenvalue weighted by atomic mass is 10.1. The second-order valence-corrected chi connectivity index (χ2v) is 7.27. The maximum absolute atomic E-state index is 12.0. The molecular weight excluding hydrogens is 336 g/mol. The molecule has 1 aromatic carbocycles. The van der Waals surface area contributed by atoms with E-state index in [1.54, 1.807) is 45.0 Å². The van der Waals surface area contributed by atoms with Crippen LogP contribution in [0.4, 0.5) is 10.5 Å². The maximum atomic E-state index is 12.0. The average Bonchev–Trinajstić information content (AvgIpc) is 2.53. The number of esters is 1. The van der Waals surface area contributed by atoms with Gasteiger partial charge in [0.2, 0.25) is 5.91 Å². The molecule has 0 saturated heterocycles. The Hall–Kier alpha value is -2.57. The number of benzene rings is 1. The normalized spacial score (nSPS) is 12.3. The van der Waals surface area contributed by atoms with E-state index in [2.05, 4.69) is 10.6 Å². The summed E-state index contributed by atoms with van der Waals surface area (Å²) in [7, 11) is 1.26. The highest BCUT2D eigenvalue weighted by molar-refractivity contribution is 5.92. The Bertz CT molecular complexity index is 632. The van der Waals surface area contributed by atoms with Crippen LogP contribution in [0.3, 0.4) is 0 Å². The molecule has 26 heavy (non-hydrogen) atoms. The van der Waals surface area contributed by atoms with Gasteiger partial charge in [-0.3, -0.25) is 4.79 Å². The second-order valence-electron chi connectivity index (χ2n) is 7.27. The van der Waals surface area contributed by atoms with Crippen molar-refractivity contribution >= 4 is 23.7 Å². The smallest absolute Gasteiger partial charge is 0.408 e. The molecule has 0 radical (unpaired) electrons. The van der Waals surface area contributed by atoms with Crippen LogP contribution in [0.1, 0.15) is 40.2 Å². The zero-order chi connectivity index (χ0) is 19.9. The van der Waals surface area contributed by atoms with E-state index in [9.17, 15) is 14.4 Å².